The summed E-state index contributed by atoms with van der Waals surface area (Å²) in [5, 5.41) is 6.40. The summed E-state index contributed by atoms with van der Waals surface area (Å²) in [4.78, 5) is 24.1. The van der Waals surface area contributed by atoms with Crippen LogP contribution in [0.5, 0.6) is 0 Å². The number of fused-ring (bicyclic) bond motifs is 1. The molecule has 0 atom stereocenters. The van der Waals surface area contributed by atoms with Crippen LogP contribution >= 0.6 is 0 Å². The molecule has 0 heterocycles. The molecule has 0 aromatic heterocycles. The van der Waals surface area contributed by atoms with E-state index in [1.165, 1.54) is 0 Å². The molecule has 0 bridgehead atoms. The molecule has 2 N–H and O–H groups in total. The van der Waals surface area contributed by atoms with Crippen molar-refractivity contribution in [2.45, 2.75) is 12.6 Å². The summed E-state index contributed by atoms with van der Waals surface area (Å²) in [5.74, 6) is -0.989. The molecule has 4 nitrogen and oxygen atoms in total. The summed E-state index contributed by atoms with van der Waals surface area (Å²) >= 11 is 0. The second-order valence-corrected chi connectivity index (χ2v) is 6.25. The highest BCUT2D eigenvalue weighted by Crippen LogP contribution is 2.20. The van der Waals surface area contributed by atoms with Gasteiger partial charge in [-0.15, -0.1) is 0 Å². The summed E-state index contributed by atoms with van der Waals surface area (Å²) in [7, 11) is 0. The predicted octanol–water partition coefficient (Wildman–Crippen LogP) is 4.31. The van der Waals surface area contributed by atoms with Gasteiger partial charge in [-0.25, -0.2) is 0 Å². The van der Waals surface area contributed by atoms with Gasteiger partial charge in [-0.2, -0.15) is 13.2 Å². The molecule has 0 spiro atoms. The Kier molecular flexibility index (Phi) is 5.63. The molecule has 3 aromatic rings. The quantitative estimate of drug-likeness (QED) is 0.686. The molecule has 0 radical (unpaired) electrons. The van der Waals surface area contributed by atoms with Gasteiger partial charge >= 0.3 is 6.18 Å². The van der Waals surface area contributed by atoms with Crippen molar-refractivity contribution in [1.29, 1.82) is 0 Å². The molecule has 0 saturated carbocycles. The normalized spacial score (nSPS) is 11.2. The van der Waals surface area contributed by atoms with Crippen LogP contribution in [0.2, 0.25) is 0 Å². The lowest BCUT2D eigenvalue weighted by Gasteiger charge is -2.10. The number of anilines is 1. The van der Waals surface area contributed by atoms with Gasteiger partial charge in [-0.1, -0.05) is 48.5 Å². The Morgan fingerprint density at radius 2 is 1.54 bits per heavy atom. The van der Waals surface area contributed by atoms with Crippen LogP contribution in [0.15, 0.2) is 66.7 Å². The lowest BCUT2D eigenvalue weighted by molar-refractivity contribution is -0.138. The fraction of sp³-hybridized carbons (Fsp3) is 0.143. The largest absolute Gasteiger partial charge is 0.405 e. The number of amides is 2. The maximum atomic E-state index is 12.6. The van der Waals surface area contributed by atoms with Crippen molar-refractivity contribution in [3.05, 3.63) is 77.9 Å². The van der Waals surface area contributed by atoms with Gasteiger partial charge in [0.1, 0.15) is 6.54 Å². The average molecular weight is 386 g/mol. The van der Waals surface area contributed by atoms with E-state index in [9.17, 15) is 22.8 Å². The van der Waals surface area contributed by atoms with Crippen LogP contribution in [0.25, 0.3) is 10.8 Å². The highest BCUT2D eigenvalue weighted by Gasteiger charge is 2.27. The number of rotatable bonds is 5. The smallest absolute Gasteiger partial charge is 0.347 e. The first kappa shape index (κ1) is 19.4. The van der Waals surface area contributed by atoms with E-state index < -0.39 is 18.6 Å². The van der Waals surface area contributed by atoms with Gasteiger partial charge in [0.05, 0.1) is 6.42 Å². The summed E-state index contributed by atoms with van der Waals surface area (Å²) in [6, 6.07) is 19.4. The van der Waals surface area contributed by atoms with Crippen LogP contribution in [-0.4, -0.2) is 24.5 Å². The van der Waals surface area contributed by atoms with E-state index in [1.807, 2.05) is 35.6 Å². The number of halogens is 3. The number of hydrogen-bond acceptors (Lipinski definition) is 2. The second kappa shape index (κ2) is 8.12. The van der Waals surface area contributed by atoms with Crippen molar-refractivity contribution in [1.82, 2.24) is 5.32 Å². The van der Waals surface area contributed by atoms with Crippen LogP contribution in [0.3, 0.4) is 0 Å². The van der Waals surface area contributed by atoms with E-state index in [1.54, 1.807) is 36.4 Å². The van der Waals surface area contributed by atoms with Crippen molar-refractivity contribution in [3.8, 4) is 0 Å². The third-order valence-corrected chi connectivity index (χ3v) is 4.10. The van der Waals surface area contributed by atoms with Crippen LogP contribution in [-0.2, 0) is 11.2 Å². The molecule has 0 aliphatic rings. The molecular weight excluding hydrogens is 369 g/mol. The SMILES string of the molecule is O=C(Cc1ccc(NC(=O)c2cccc3ccccc23)cc1)NCC(F)(F)F. The average Bonchev–Trinajstić information content (AvgIpc) is 2.67. The number of hydrogen-bond donors (Lipinski definition) is 2. The molecule has 0 saturated heterocycles. The monoisotopic (exact) mass is 386 g/mol. The summed E-state index contributed by atoms with van der Waals surface area (Å²) < 4.78 is 36.3. The van der Waals surface area contributed by atoms with Gasteiger partial charge < -0.3 is 10.6 Å². The van der Waals surface area contributed by atoms with Crippen molar-refractivity contribution in [2.75, 3.05) is 11.9 Å². The summed E-state index contributed by atoms with van der Waals surface area (Å²) in [5.41, 5.74) is 1.61. The molecule has 2 amide bonds. The van der Waals surface area contributed by atoms with Crippen LogP contribution in [0.1, 0.15) is 15.9 Å². The zero-order valence-corrected chi connectivity index (χ0v) is 14.7. The van der Waals surface area contributed by atoms with E-state index in [0.29, 0.717) is 16.8 Å². The zero-order chi connectivity index (χ0) is 20.1. The Hall–Kier alpha value is -3.35. The lowest BCUT2D eigenvalue weighted by Crippen LogP contribution is -2.34. The number of carbonyl (C=O) groups is 2. The first-order chi connectivity index (χ1) is 13.3. The zero-order valence-electron chi connectivity index (χ0n) is 14.7. The van der Waals surface area contributed by atoms with Crippen molar-refractivity contribution >= 4 is 28.3 Å². The third kappa shape index (κ3) is 5.09. The molecule has 3 aromatic carbocycles. The first-order valence-electron chi connectivity index (χ1n) is 8.53. The Balaban J connectivity index is 1.64. The van der Waals surface area contributed by atoms with Crippen LogP contribution in [0.4, 0.5) is 18.9 Å². The molecule has 3 rings (SSSR count). The Bertz CT molecular complexity index is 993. The topological polar surface area (TPSA) is 58.2 Å². The minimum Gasteiger partial charge on any atom is -0.347 e. The van der Waals surface area contributed by atoms with Crippen LogP contribution in [0, 0.1) is 0 Å². The van der Waals surface area contributed by atoms with Gasteiger partial charge in [0, 0.05) is 11.3 Å². The van der Waals surface area contributed by atoms with Gasteiger partial charge in [0.2, 0.25) is 5.91 Å². The fourth-order valence-electron chi connectivity index (χ4n) is 2.77. The molecule has 144 valence electrons. The van der Waals surface area contributed by atoms with E-state index in [0.717, 1.165) is 10.8 Å². The van der Waals surface area contributed by atoms with Crippen molar-refractivity contribution in [2.24, 2.45) is 0 Å². The molecular formula is C21H17F3N2O2. The minimum atomic E-state index is -4.44. The number of alkyl halides is 3. The summed E-state index contributed by atoms with van der Waals surface area (Å²) in [6.45, 7) is -1.36. The van der Waals surface area contributed by atoms with Crippen molar-refractivity contribution < 1.29 is 22.8 Å². The number of carbonyl (C=O) groups excluding carboxylic acids is 2. The Morgan fingerprint density at radius 3 is 2.25 bits per heavy atom. The minimum absolute atomic E-state index is 0.173. The van der Waals surface area contributed by atoms with E-state index in [2.05, 4.69) is 5.32 Å². The van der Waals surface area contributed by atoms with Gasteiger partial charge in [-0.3, -0.25) is 9.59 Å². The summed E-state index contributed by atoms with van der Waals surface area (Å²) in [6.07, 6.45) is -4.61. The molecule has 0 unspecified atom stereocenters. The van der Waals surface area contributed by atoms with E-state index in [4.69, 9.17) is 0 Å². The number of benzene rings is 3. The predicted molar refractivity (Wildman–Crippen MR) is 101 cm³/mol. The standard InChI is InChI=1S/C21H17F3N2O2/c22-21(23,24)13-25-19(27)12-14-8-10-16(11-9-14)26-20(28)18-7-3-5-15-4-1-2-6-17(15)18/h1-11H,12-13H2,(H,25,27)(H,26,28). The molecule has 0 aliphatic carbocycles. The first-order valence-corrected chi connectivity index (χ1v) is 8.53. The van der Waals surface area contributed by atoms with Gasteiger partial charge in [-0.05, 0) is 34.5 Å². The Labute approximate surface area is 159 Å². The number of nitrogens with one attached hydrogen (secondary N) is 2. The highest BCUT2D eigenvalue weighted by molar-refractivity contribution is 6.12. The second-order valence-electron chi connectivity index (χ2n) is 6.25. The van der Waals surface area contributed by atoms with Crippen molar-refractivity contribution in [3.63, 3.8) is 0 Å². The van der Waals surface area contributed by atoms with E-state index in [-0.39, 0.29) is 12.3 Å². The molecule has 0 fully saturated rings. The third-order valence-electron chi connectivity index (χ3n) is 4.10. The molecule has 0 aliphatic heterocycles. The molecule has 28 heavy (non-hydrogen) atoms. The fourth-order valence-corrected chi connectivity index (χ4v) is 2.77. The maximum Gasteiger partial charge on any atom is 0.405 e. The maximum absolute atomic E-state index is 12.6. The Morgan fingerprint density at radius 1 is 0.857 bits per heavy atom. The van der Waals surface area contributed by atoms with Gasteiger partial charge in [0.25, 0.3) is 5.91 Å². The lowest BCUT2D eigenvalue weighted by atomic mass is 10.0. The highest BCUT2D eigenvalue weighted by atomic mass is 19.4. The van der Waals surface area contributed by atoms with Crippen LogP contribution < -0.4 is 10.6 Å². The van der Waals surface area contributed by atoms with E-state index >= 15 is 0 Å². The van der Waals surface area contributed by atoms with Gasteiger partial charge in [0.15, 0.2) is 0 Å². The molecule has 7 heteroatoms.